The van der Waals surface area contributed by atoms with Gasteiger partial charge in [-0.05, 0) is 13.3 Å². The van der Waals surface area contributed by atoms with Crippen molar-refractivity contribution >= 4 is 11.7 Å². The summed E-state index contributed by atoms with van der Waals surface area (Å²) >= 11 is 0. The van der Waals surface area contributed by atoms with Gasteiger partial charge in [0.15, 0.2) is 0 Å². The lowest BCUT2D eigenvalue weighted by Crippen LogP contribution is -2.49. The zero-order chi connectivity index (χ0) is 15.4. The molecule has 0 N–H and O–H groups in total. The summed E-state index contributed by atoms with van der Waals surface area (Å²) < 4.78 is 0. The third-order valence-corrected chi connectivity index (χ3v) is 3.79. The number of aromatic nitrogens is 2. The second-order valence-electron chi connectivity index (χ2n) is 6.00. The van der Waals surface area contributed by atoms with E-state index in [0.717, 1.165) is 49.9 Å². The first-order valence-corrected chi connectivity index (χ1v) is 7.89. The van der Waals surface area contributed by atoms with Gasteiger partial charge in [-0.2, -0.15) is 0 Å². The molecule has 0 aromatic carbocycles. The highest BCUT2D eigenvalue weighted by atomic mass is 16.2. The Labute approximate surface area is 127 Å². The highest BCUT2D eigenvalue weighted by Crippen LogP contribution is 2.18. The Morgan fingerprint density at radius 3 is 2.48 bits per heavy atom. The molecule has 1 aliphatic rings. The van der Waals surface area contributed by atoms with E-state index in [1.54, 1.807) is 0 Å². The van der Waals surface area contributed by atoms with E-state index in [4.69, 9.17) is 0 Å². The molecular weight excluding hydrogens is 264 g/mol. The van der Waals surface area contributed by atoms with Gasteiger partial charge in [-0.25, -0.2) is 9.97 Å². The largest absolute Gasteiger partial charge is 0.353 e. The van der Waals surface area contributed by atoms with Crippen molar-refractivity contribution in [3.63, 3.8) is 0 Å². The number of anilines is 1. The number of aryl methyl sites for hydroxylation is 1. The van der Waals surface area contributed by atoms with Crippen molar-refractivity contribution in [3.05, 3.63) is 17.6 Å². The van der Waals surface area contributed by atoms with Crippen molar-refractivity contribution in [1.82, 2.24) is 14.9 Å². The molecule has 1 aromatic rings. The zero-order valence-corrected chi connectivity index (χ0v) is 13.6. The Kier molecular flexibility index (Phi) is 5.15. The molecular formula is C16H26N4O. The molecule has 0 saturated carbocycles. The molecule has 1 aromatic heterocycles. The molecule has 0 radical (unpaired) electrons. The van der Waals surface area contributed by atoms with Crippen LogP contribution in [0.15, 0.2) is 6.07 Å². The summed E-state index contributed by atoms with van der Waals surface area (Å²) in [6.07, 6.45) is 1.58. The van der Waals surface area contributed by atoms with E-state index in [0.29, 0.717) is 12.3 Å². The lowest BCUT2D eigenvalue weighted by molar-refractivity contribution is -0.131. The SMILES string of the molecule is CCCC(=O)N1CCN(c2cc(C)nc(C(C)C)n2)CC1. The van der Waals surface area contributed by atoms with Crippen LogP contribution in [0.2, 0.25) is 0 Å². The number of hydrogen-bond donors (Lipinski definition) is 0. The number of hydrogen-bond acceptors (Lipinski definition) is 4. The van der Waals surface area contributed by atoms with Gasteiger partial charge in [-0.1, -0.05) is 20.8 Å². The predicted octanol–water partition coefficient (Wildman–Crippen LogP) is 2.36. The maximum absolute atomic E-state index is 11.9. The second kappa shape index (κ2) is 6.87. The van der Waals surface area contributed by atoms with Crippen LogP contribution in [0.3, 0.4) is 0 Å². The first-order chi connectivity index (χ1) is 10.0. The van der Waals surface area contributed by atoms with E-state index in [1.165, 1.54) is 0 Å². The summed E-state index contributed by atoms with van der Waals surface area (Å²) in [6, 6.07) is 2.04. The van der Waals surface area contributed by atoms with E-state index >= 15 is 0 Å². The molecule has 0 aliphatic carbocycles. The first-order valence-electron chi connectivity index (χ1n) is 7.89. The fourth-order valence-corrected chi connectivity index (χ4v) is 2.55. The van der Waals surface area contributed by atoms with Crippen molar-refractivity contribution in [1.29, 1.82) is 0 Å². The number of amides is 1. The van der Waals surface area contributed by atoms with Crippen LogP contribution in [0, 0.1) is 6.92 Å². The van der Waals surface area contributed by atoms with E-state index in [9.17, 15) is 4.79 Å². The van der Waals surface area contributed by atoms with Crippen molar-refractivity contribution in [2.75, 3.05) is 31.1 Å². The smallest absolute Gasteiger partial charge is 0.222 e. The minimum Gasteiger partial charge on any atom is -0.353 e. The molecule has 1 saturated heterocycles. The highest BCUT2D eigenvalue weighted by molar-refractivity contribution is 5.76. The molecule has 21 heavy (non-hydrogen) atoms. The maximum Gasteiger partial charge on any atom is 0.222 e. The third-order valence-electron chi connectivity index (χ3n) is 3.79. The van der Waals surface area contributed by atoms with Crippen LogP contribution >= 0.6 is 0 Å². The van der Waals surface area contributed by atoms with Gasteiger partial charge in [0.1, 0.15) is 11.6 Å². The van der Waals surface area contributed by atoms with Gasteiger partial charge in [-0.3, -0.25) is 4.79 Å². The summed E-state index contributed by atoms with van der Waals surface area (Å²) in [5.74, 6) is 2.50. The lowest BCUT2D eigenvalue weighted by Gasteiger charge is -2.35. The molecule has 116 valence electrons. The molecule has 1 aliphatic heterocycles. The molecule has 5 heteroatoms. The third kappa shape index (κ3) is 3.93. The first kappa shape index (κ1) is 15.7. The summed E-state index contributed by atoms with van der Waals surface area (Å²) in [4.78, 5) is 25.3. The minimum atomic E-state index is 0.277. The second-order valence-corrected chi connectivity index (χ2v) is 6.00. The molecule has 0 unspecified atom stereocenters. The molecule has 2 heterocycles. The Bertz CT molecular complexity index is 493. The Morgan fingerprint density at radius 2 is 1.90 bits per heavy atom. The average molecular weight is 290 g/mol. The standard InChI is InChI=1S/C16H26N4O/c1-5-6-15(21)20-9-7-19(8-10-20)14-11-13(4)17-16(18-14)12(2)3/h11-12H,5-10H2,1-4H3. The van der Waals surface area contributed by atoms with Gasteiger partial charge in [-0.15, -0.1) is 0 Å². The molecule has 1 fully saturated rings. The average Bonchev–Trinajstić information content (AvgIpc) is 2.47. The number of nitrogens with zero attached hydrogens (tertiary/aromatic N) is 4. The van der Waals surface area contributed by atoms with Crippen LogP contribution in [0.25, 0.3) is 0 Å². The molecule has 1 amide bonds. The lowest BCUT2D eigenvalue weighted by atomic mass is 10.2. The van der Waals surface area contributed by atoms with Gasteiger partial charge in [0.25, 0.3) is 0 Å². The van der Waals surface area contributed by atoms with Gasteiger partial charge >= 0.3 is 0 Å². The van der Waals surface area contributed by atoms with Gasteiger partial charge < -0.3 is 9.80 Å². The monoisotopic (exact) mass is 290 g/mol. The fourth-order valence-electron chi connectivity index (χ4n) is 2.55. The van der Waals surface area contributed by atoms with Crippen molar-refractivity contribution in [3.8, 4) is 0 Å². The molecule has 5 nitrogen and oxygen atoms in total. The van der Waals surface area contributed by atoms with Gasteiger partial charge in [0.05, 0.1) is 0 Å². The fraction of sp³-hybridized carbons (Fsp3) is 0.688. The zero-order valence-electron chi connectivity index (χ0n) is 13.6. The van der Waals surface area contributed by atoms with Crippen LogP contribution in [0.5, 0.6) is 0 Å². The Balaban J connectivity index is 2.03. The maximum atomic E-state index is 11.9. The minimum absolute atomic E-state index is 0.277. The van der Waals surface area contributed by atoms with Crippen LogP contribution in [-0.2, 0) is 4.79 Å². The van der Waals surface area contributed by atoms with Crippen molar-refractivity contribution in [2.45, 2.75) is 46.5 Å². The van der Waals surface area contributed by atoms with Crippen LogP contribution in [0.1, 0.15) is 51.0 Å². The van der Waals surface area contributed by atoms with Gasteiger partial charge in [0.2, 0.25) is 5.91 Å². The summed E-state index contributed by atoms with van der Waals surface area (Å²) in [7, 11) is 0. The highest BCUT2D eigenvalue weighted by Gasteiger charge is 2.22. The van der Waals surface area contributed by atoms with Crippen LogP contribution < -0.4 is 4.90 Å². The molecule has 2 rings (SSSR count). The summed E-state index contributed by atoms with van der Waals surface area (Å²) in [6.45, 7) is 11.6. The van der Waals surface area contributed by atoms with Crippen molar-refractivity contribution in [2.24, 2.45) is 0 Å². The number of piperazine rings is 1. The van der Waals surface area contributed by atoms with Crippen LogP contribution in [0.4, 0.5) is 5.82 Å². The number of carbonyl (C=O) groups is 1. The number of rotatable bonds is 4. The quantitative estimate of drug-likeness (QED) is 0.854. The molecule has 0 spiro atoms. The van der Waals surface area contributed by atoms with E-state index in [1.807, 2.05) is 24.8 Å². The topological polar surface area (TPSA) is 49.3 Å². The normalized spacial score (nSPS) is 15.7. The number of carbonyl (C=O) groups excluding carboxylic acids is 1. The van der Waals surface area contributed by atoms with E-state index < -0.39 is 0 Å². The Hall–Kier alpha value is -1.65. The summed E-state index contributed by atoms with van der Waals surface area (Å²) in [5, 5.41) is 0. The van der Waals surface area contributed by atoms with E-state index in [2.05, 4.69) is 28.7 Å². The van der Waals surface area contributed by atoms with E-state index in [-0.39, 0.29) is 5.91 Å². The van der Waals surface area contributed by atoms with Crippen LogP contribution in [-0.4, -0.2) is 47.0 Å². The van der Waals surface area contributed by atoms with Gasteiger partial charge in [0, 0.05) is 50.3 Å². The summed E-state index contributed by atoms with van der Waals surface area (Å²) in [5.41, 5.74) is 1.01. The Morgan fingerprint density at radius 1 is 1.24 bits per heavy atom. The molecule has 0 bridgehead atoms. The van der Waals surface area contributed by atoms with Crippen molar-refractivity contribution < 1.29 is 4.79 Å². The predicted molar refractivity (Wildman–Crippen MR) is 84.6 cm³/mol. The molecule has 0 atom stereocenters.